The van der Waals surface area contributed by atoms with Crippen molar-refractivity contribution in [3.8, 4) is 5.75 Å². The molecular weight excluding hydrogens is 545 g/mol. The Morgan fingerprint density at radius 1 is 0.951 bits per heavy atom. The summed E-state index contributed by atoms with van der Waals surface area (Å²) >= 11 is 0. The van der Waals surface area contributed by atoms with E-state index in [9.17, 15) is 22.4 Å². The number of sulfonamides is 1. The number of carbonyl (C=O) groups excluding carboxylic acids is 2. The van der Waals surface area contributed by atoms with E-state index in [2.05, 4.69) is 5.32 Å². The van der Waals surface area contributed by atoms with E-state index in [1.54, 1.807) is 36.4 Å². The maximum absolute atomic E-state index is 14.1. The van der Waals surface area contributed by atoms with E-state index in [4.69, 9.17) is 4.74 Å². The number of nitrogens with one attached hydrogen (secondary N) is 1. The number of hydrogen-bond acceptors (Lipinski definition) is 5. The van der Waals surface area contributed by atoms with Gasteiger partial charge in [-0.1, -0.05) is 55.3 Å². The number of hydrogen-bond donors (Lipinski definition) is 1. The molecule has 218 valence electrons. The Bertz CT molecular complexity index is 1410. The minimum absolute atomic E-state index is 0.00504. The summed E-state index contributed by atoms with van der Waals surface area (Å²) in [6.07, 6.45) is 5.05. The molecule has 0 spiro atoms. The molecule has 1 atom stereocenters. The van der Waals surface area contributed by atoms with Gasteiger partial charge in [-0.25, -0.2) is 12.8 Å². The van der Waals surface area contributed by atoms with Gasteiger partial charge in [0, 0.05) is 19.0 Å². The van der Waals surface area contributed by atoms with Crippen LogP contribution in [-0.2, 0) is 32.6 Å². The van der Waals surface area contributed by atoms with Crippen LogP contribution in [-0.4, -0.2) is 57.1 Å². The van der Waals surface area contributed by atoms with Crippen molar-refractivity contribution < 1.29 is 27.1 Å². The lowest BCUT2D eigenvalue weighted by atomic mass is 10.0. The second-order valence-electron chi connectivity index (χ2n) is 10.3. The van der Waals surface area contributed by atoms with Crippen LogP contribution < -0.4 is 14.4 Å². The molecule has 0 unspecified atom stereocenters. The van der Waals surface area contributed by atoms with Gasteiger partial charge in [-0.05, 0) is 60.4 Å². The zero-order chi connectivity index (χ0) is 29.4. The van der Waals surface area contributed by atoms with E-state index in [-0.39, 0.29) is 24.9 Å². The van der Waals surface area contributed by atoms with Crippen molar-refractivity contribution in [2.24, 2.45) is 0 Å². The highest BCUT2D eigenvalue weighted by Crippen LogP contribution is 2.24. The molecule has 0 aliphatic heterocycles. The fourth-order valence-electron chi connectivity index (χ4n) is 5.07. The van der Waals surface area contributed by atoms with Gasteiger partial charge in [0.05, 0.1) is 19.1 Å². The van der Waals surface area contributed by atoms with Gasteiger partial charge in [-0.2, -0.15) is 0 Å². The number of ether oxygens (including phenoxy) is 1. The highest BCUT2D eigenvalue weighted by molar-refractivity contribution is 7.92. The molecule has 1 saturated carbocycles. The Hall–Kier alpha value is -3.92. The average molecular weight is 582 g/mol. The third-order valence-electron chi connectivity index (χ3n) is 7.28. The Kier molecular flexibility index (Phi) is 9.99. The highest BCUT2D eigenvalue weighted by atomic mass is 32.2. The molecule has 1 N–H and O–H groups in total. The summed E-state index contributed by atoms with van der Waals surface area (Å²) in [7, 11) is -2.37. The minimum Gasteiger partial charge on any atom is -0.497 e. The Labute approximate surface area is 241 Å². The number of amides is 2. The van der Waals surface area contributed by atoms with Gasteiger partial charge >= 0.3 is 0 Å². The molecule has 8 nitrogen and oxygen atoms in total. The van der Waals surface area contributed by atoms with Gasteiger partial charge in [-0.3, -0.25) is 13.9 Å². The number of anilines is 1. The van der Waals surface area contributed by atoms with Crippen molar-refractivity contribution >= 4 is 27.5 Å². The third-order valence-corrected chi connectivity index (χ3v) is 8.42. The summed E-state index contributed by atoms with van der Waals surface area (Å²) in [5, 5.41) is 3.12. The van der Waals surface area contributed by atoms with E-state index in [1.807, 2.05) is 30.3 Å². The monoisotopic (exact) mass is 581 g/mol. The van der Waals surface area contributed by atoms with Gasteiger partial charge in [0.15, 0.2) is 0 Å². The lowest BCUT2D eigenvalue weighted by Crippen LogP contribution is -2.54. The SMILES string of the molecule is COc1ccc(N(CC(=O)N(Cc2ccc(F)cc2)[C@H](Cc2ccccc2)C(=O)NC2CCCC2)S(C)(=O)=O)cc1. The van der Waals surface area contributed by atoms with E-state index >= 15 is 0 Å². The molecule has 1 aliphatic carbocycles. The van der Waals surface area contributed by atoms with Crippen LogP contribution in [0.2, 0.25) is 0 Å². The van der Waals surface area contributed by atoms with Crippen molar-refractivity contribution in [3.05, 3.63) is 95.8 Å². The molecule has 0 aromatic heterocycles. The molecule has 41 heavy (non-hydrogen) atoms. The average Bonchev–Trinajstić information content (AvgIpc) is 3.47. The first-order valence-electron chi connectivity index (χ1n) is 13.6. The van der Waals surface area contributed by atoms with Crippen molar-refractivity contribution in [1.29, 1.82) is 0 Å². The maximum atomic E-state index is 14.1. The zero-order valence-corrected chi connectivity index (χ0v) is 24.1. The minimum atomic E-state index is -3.87. The lowest BCUT2D eigenvalue weighted by Gasteiger charge is -2.34. The molecule has 10 heteroatoms. The molecule has 2 amide bonds. The van der Waals surface area contributed by atoms with E-state index in [1.165, 1.54) is 24.1 Å². The third kappa shape index (κ3) is 8.29. The van der Waals surface area contributed by atoms with Crippen LogP contribution in [0.3, 0.4) is 0 Å². The number of rotatable bonds is 12. The van der Waals surface area contributed by atoms with Crippen molar-refractivity contribution in [1.82, 2.24) is 10.2 Å². The topological polar surface area (TPSA) is 96.0 Å². The first-order valence-corrected chi connectivity index (χ1v) is 15.5. The number of nitrogens with zero attached hydrogens (tertiary/aromatic N) is 2. The summed E-state index contributed by atoms with van der Waals surface area (Å²) in [6, 6.07) is 20.5. The standard InChI is InChI=1S/C31H36FN3O5S/c1-40-28-18-16-27(17-19-28)35(41(2,38)39)22-30(36)34(21-24-12-14-25(32)15-13-24)29(20-23-8-4-3-5-9-23)31(37)33-26-10-6-7-11-26/h3-5,8-9,12-19,26,29H,6-7,10-11,20-22H2,1-2H3,(H,33,37)/t29-/m1/s1. The zero-order valence-electron chi connectivity index (χ0n) is 23.3. The number of halogens is 1. The molecule has 0 saturated heterocycles. The molecule has 4 rings (SSSR count). The van der Waals surface area contributed by atoms with Crippen LogP contribution in [0.15, 0.2) is 78.9 Å². The molecule has 0 bridgehead atoms. The molecule has 3 aromatic rings. The fraction of sp³-hybridized carbons (Fsp3) is 0.355. The van der Waals surface area contributed by atoms with Crippen molar-refractivity contribution in [2.75, 3.05) is 24.2 Å². The quantitative estimate of drug-likeness (QED) is 0.344. The largest absolute Gasteiger partial charge is 0.497 e. The first-order chi connectivity index (χ1) is 19.6. The number of carbonyl (C=O) groups is 2. The number of methoxy groups -OCH3 is 1. The molecule has 1 aliphatic rings. The van der Waals surface area contributed by atoms with Gasteiger partial charge in [0.2, 0.25) is 21.8 Å². The van der Waals surface area contributed by atoms with Crippen LogP contribution >= 0.6 is 0 Å². The van der Waals surface area contributed by atoms with Crippen LogP contribution in [0.1, 0.15) is 36.8 Å². The van der Waals surface area contributed by atoms with Crippen LogP contribution in [0.5, 0.6) is 5.75 Å². The van der Waals surface area contributed by atoms with E-state index in [0.717, 1.165) is 41.8 Å². The summed E-state index contributed by atoms with van der Waals surface area (Å²) in [5.74, 6) is -0.739. The molecule has 0 radical (unpaired) electrons. The smallest absolute Gasteiger partial charge is 0.244 e. The van der Waals surface area contributed by atoms with Crippen molar-refractivity contribution in [2.45, 2.75) is 50.7 Å². The first kappa shape index (κ1) is 30.0. The Morgan fingerprint density at radius 2 is 1.59 bits per heavy atom. The van der Waals surface area contributed by atoms with Crippen molar-refractivity contribution in [3.63, 3.8) is 0 Å². The lowest BCUT2D eigenvalue weighted by molar-refractivity contribution is -0.140. The second kappa shape index (κ2) is 13.6. The number of benzene rings is 3. The molecular formula is C31H36FN3O5S. The summed E-state index contributed by atoms with van der Waals surface area (Å²) in [4.78, 5) is 29.3. The molecule has 1 fully saturated rings. The van der Waals surface area contributed by atoms with Gasteiger partial charge in [0.25, 0.3) is 0 Å². The maximum Gasteiger partial charge on any atom is 0.244 e. The predicted octanol–water partition coefficient (Wildman–Crippen LogP) is 4.30. The Morgan fingerprint density at radius 3 is 2.17 bits per heavy atom. The molecule has 3 aromatic carbocycles. The normalized spacial score (nSPS) is 14.3. The second-order valence-corrected chi connectivity index (χ2v) is 12.2. The predicted molar refractivity (Wildman–Crippen MR) is 156 cm³/mol. The van der Waals surface area contributed by atoms with Gasteiger partial charge < -0.3 is 15.0 Å². The Balaban J connectivity index is 1.71. The summed E-state index contributed by atoms with van der Waals surface area (Å²) < 4.78 is 45.6. The summed E-state index contributed by atoms with van der Waals surface area (Å²) in [5.41, 5.74) is 1.76. The van der Waals surface area contributed by atoms with Crippen LogP contribution in [0.4, 0.5) is 10.1 Å². The highest BCUT2D eigenvalue weighted by Gasteiger charge is 2.34. The van der Waals surface area contributed by atoms with E-state index < -0.39 is 34.3 Å². The van der Waals surface area contributed by atoms with Crippen LogP contribution in [0, 0.1) is 5.82 Å². The molecule has 0 heterocycles. The van der Waals surface area contributed by atoms with Crippen LogP contribution in [0.25, 0.3) is 0 Å². The fourth-order valence-corrected chi connectivity index (χ4v) is 5.92. The van der Waals surface area contributed by atoms with E-state index in [0.29, 0.717) is 17.0 Å². The van der Waals surface area contributed by atoms with Gasteiger partial charge in [-0.15, -0.1) is 0 Å². The van der Waals surface area contributed by atoms with Gasteiger partial charge in [0.1, 0.15) is 24.2 Å². The summed E-state index contributed by atoms with van der Waals surface area (Å²) in [6.45, 7) is -0.525.